The van der Waals surface area contributed by atoms with Gasteiger partial charge in [-0.15, -0.1) is 11.6 Å². The SMILES string of the molecule is Fc1ccc(CC(Cl)c2ccccc2)c(F)c1. The van der Waals surface area contributed by atoms with Crippen LogP contribution in [0.25, 0.3) is 0 Å². The third-order valence-electron chi connectivity index (χ3n) is 2.58. The van der Waals surface area contributed by atoms with E-state index in [1.54, 1.807) is 0 Å². The van der Waals surface area contributed by atoms with Gasteiger partial charge in [0.2, 0.25) is 0 Å². The van der Waals surface area contributed by atoms with Crippen LogP contribution in [0.4, 0.5) is 8.78 Å². The first kappa shape index (κ1) is 12.1. The van der Waals surface area contributed by atoms with E-state index in [1.807, 2.05) is 30.3 Å². The molecule has 2 aromatic carbocycles. The molecule has 1 atom stereocenters. The molecule has 0 saturated heterocycles. The molecule has 0 aliphatic rings. The highest BCUT2D eigenvalue weighted by Gasteiger charge is 2.12. The molecule has 0 radical (unpaired) electrons. The topological polar surface area (TPSA) is 0 Å². The standard InChI is InChI=1S/C14H11ClF2/c15-13(10-4-2-1-3-5-10)8-11-6-7-12(16)9-14(11)17/h1-7,9,13H,8H2. The van der Waals surface area contributed by atoms with Crippen LogP contribution in [0.5, 0.6) is 0 Å². The molecule has 0 heterocycles. The van der Waals surface area contributed by atoms with Crippen molar-refractivity contribution in [1.82, 2.24) is 0 Å². The second kappa shape index (κ2) is 5.28. The highest BCUT2D eigenvalue weighted by atomic mass is 35.5. The monoisotopic (exact) mass is 252 g/mol. The molecule has 0 amide bonds. The molecule has 1 unspecified atom stereocenters. The van der Waals surface area contributed by atoms with Crippen LogP contribution >= 0.6 is 11.6 Å². The van der Waals surface area contributed by atoms with Gasteiger partial charge in [-0.25, -0.2) is 8.78 Å². The zero-order valence-corrected chi connectivity index (χ0v) is 9.79. The van der Waals surface area contributed by atoms with Gasteiger partial charge >= 0.3 is 0 Å². The van der Waals surface area contributed by atoms with Crippen molar-refractivity contribution in [1.29, 1.82) is 0 Å². The molecule has 0 aliphatic heterocycles. The van der Waals surface area contributed by atoms with Gasteiger partial charge < -0.3 is 0 Å². The molecule has 0 aromatic heterocycles. The lowest BCUT2D eigenvalue weighted by Crippen LogP contribution is -1.98. The van der Waals surface area contributed by atoms with E-state index in [2.05, 4.69) is 0 Å². The molecule has 0 bridgehead atoms. The van der Waals surface area contributed by atoms with Crippen molar-refractivity contribution in [3.63, 3.8) is 0 Å². The van der Waals surface area contributed by atoms with Gasteiger partial charge in [0.25, 0.3) is 0 Å². The molecular weight excluding hydrogens is 242 g/mol. The summed E-state index contributed by atoms with van der Waals surface area (Å²) in [5.41, 5.74) is 1.35. The van der Waals surface area contributed by atoms with Crippen molar-refractivity contribution in [3.8, 4) is 0 Å². The van der Waals surface area contributed by atoms with Gasteiger partial charge in [0.1, 0.15) is 11.6 Å². The van der Waals surface area contributed by atoms with Crippen molar-refractivity contribution in [2.24, 2.45) is 0 Å². The van der Waals surface area contributed by atoms with E-state index in [4.69, 9.17) is 11.6 Å². The zero-order chi connectivity index (χ0) is 12.3. The van der Waals surface area contributed by atoms with E-state index < -0.39 is 11.6 Å². The molecule has 88 valence electrons. The van der Waals surface area contributed by atoms with Crippen LogP contribution in [0.1, 0.15) is 16.5 Å². The van der Waals surface area contributed by atoms with Gasteiger partial charge in [0.15, 0.2) is 0 Å². The average Bonchev–Trinajstić information content (AvgIpc) is 2.34. The maximum absolute atomic E-state index is 13.4. The van der Waals surface area contributed by atoms with E-state index >= 15 is 0 Å². The fourth-order valence-electron chi connectivity index (χ4n) is 1.66. The summed E-state index contributed by atoms with van der Waals surface area (Å²) in [4.78, 5) is 0. The second-order valence-electron chi connectivity index (χ2n) is 3.82. The highest BCUT2D eigenvalue weighted by Crippen LogP contribution is 2.26. The van der Waals surface area contributed by atoms with E-state index in [0.29, 0.717) is 12.0 Å². The third kappa shape index (κ3) is 3.04. The van der Waals surface area contributed by atoms with Gasteiger partial charge in [0.05, 0.1) is 5.38 Å². The van der Waals surface area contributed by atoms with E-state index in [-0.39, 0.29) is 5.38 Å². The van der Waals surface area contributed by atoms with Crippen LogP contribution in [-0.2, 0) is 6.42 Å². The first-order chi connectivity index (χ1) is 8.16. The van der Waals surface area contributed by atoms with Crippen LogP contribution in [0, 0.1) is 11.6 Å². The third-order valence-corrected chi connectivity index (χ3v) is 2.98. The van der Waals surface area contributed by atoms with Gasteiger partial charge in [-0.3, -0.25) is 0 Å². The van der Waals surface area contributed by atoms with Crippen LogP contribution in [-0.4, -0.2) is 0 Å². The molecule has 17 heavy (non-hydrogen) atoms. The van der Waals surface area contributed by atoms with Crippen molar-refractivity contribution in [2.75, 3.05) is 0 Å². The molecule has 0 fully saturated rings. The zero-order valence-electron chi connectivity index (χ0n) is 9.04. The molecule has 0 saturated carbocycles. The molecular formula is C14H11ClF2. The molecule has 0 nitrogen and oxygen atoms in total. The summed E-state index contributed by atoms with van der Waals surface area (Å²) in [5.74, 6) is -1.12. The van der Waals surface area contributed by atoms with Crippen LogP contribution < -0.4 is 0 Å². The fourth-order valence-corrected chi connectivity index (χ4v) is 1.97. The highest BCUT2D eigenvalue weighted by molar-refractivity contribution is 6.20. The van der Waals surface area contributed by atoms with Crippen LogP contribution in [0.3, 0.4) is 0 Å². The van der Waals surface area contributed by atoms with E-state index in [1.165, 1.54) is 12.1 Å². The number of benzene rings is 2. The molecule has 2 rings (SSSR count). The Morgan fingerprint density at radius 1 is 1.00 bits per heavy atom. The minimum atomic E-state index is -0.572. The molecule has 2 aromatic rings. The lowest BCUT2D eigenvalue weighted by atomic mass is 10.0. The summed E-state index contributed by atoms with van der Waals surface area (Å²) in [5, 5.41) is -0.309. The fraction of sp³-hybridized carbons (Fsp3) is 0.143. The van der Waals surface area contributed by atoms with E-state index in [0.717, 1.165) is 11.6 Å². The Morgan fingerprint density at radius 3 is 2.35 bits per heavy atom. The Hall–Kier alpha value is -1.41. The summed E-state index contributed by atoms with van der Waals surface area (Å²) >= 11 is 6.19. The first-order valence-electron chi connectivity index (χ1n) is 5.30. The summed E-state index contributed by atoms with van der Waals surface area (Å²) < 4.78 is 26.2. The van der Waals surface area contributed by atoms with Gasteiger partial charge in [-0.1, -0.05) is 36.4 Å². The average molecular weight is 253 g/mol. The largest absolute Gasteiger partial charge is 0.207 e. The van der Waals surface area contributed by atoms with Gasteiger partial charge in [-0.05, 0) is 23.6 Å². The number of alkyl halides is 1. The number of hydrogen-bond donors (Lipinski definition) is 0. The van der Waals surface area contributed by atoms with Crippen LogP contribution in [0.2, 0.25) is 0 Å². The van der Waals surface area contributed by atoms with Gasteiger partial charge in [0, 0.05) is 6.07 Å². The number of halogens is 3. The van der Waals surface area contributed by atoms with Gasteiger partial charge in [-0.2, -0.15) is 0 Å². The second-order valence-corrected chi connectivity index (χ2v) is 4.34. The predicted octanol–water partition coefficient (Wildman–Crippen LogP) is 4.49. The maximum atomic E-state index is 13.4. The van der Waals surface area contributed by atoms with E-state index in [9.17, 15) is 8.78 Å². The quantitative estimate of drug-likeness (QED) is 0.706. The number of rotatable bonds is 3. The summed E-state index contributed by atoms with van der Waals surface area (Å²) in [6.07, 6.45) is 0.345. The maximum Gasteiger partial charge on any atom is 0.129 e. The van der Waals surface area contributed by atoms with Crippen molar-refractivity contribution in [3.05, 3.63) is 71.3 Å². The molecule has 0 spiro atoms. The van der Waals surface area contributed by atoms with Crippen molar-refractivity contribution >= 4 is 11.6 Å². The molecule has 3 heteroatoms. The lowest BCUT2D eigenvalue weighted by Gasteiger charge is -2.10. The Bertz CT molecular complexity index is 497. The summed E-state index contributed by atoms with van der Waals surface area (Å²) in [6.45, 7) is 0. The Balaban J connectivity index is 2.16. The molecule has 0 aliphatic carbocycles. The minimum Gasteiger partial charge on any atom is -0.207 e. The smallest absolute Gasteiger partial charge is 0.129 e. The number of hydrogen-bond acceptors (Lipinski definition) is 0. The summed E-state index contributed by atoms with van der Waals surface area (Å²) in [7, 11) is 0. The molecule has 0 N–H and O–H groups in total. The predicted molar refractivity (Wildman–Crippen MR) is 65.1 cm³/mol. The van der Waals surface area contributed by atoms with Crippen molar-refractivity contribution in [2.45, 2.75) is 11.8 Å². The Kier molecular flexibility index (Phi) is 3.75. The Labute approximate surface area is 104 Å². The normalized spacial score (nSPS) is 12.4. The minimum absolute atomic E-state index is 0.309. The van der Waals surface area contributed by atoms with Crippen molar-refractivity contribution < 1.29 is 8.78 Å². The van der Waals surface area contributed by atoms with Crippen LogP contribution in [0.15, 0.2) is 48.5 Å². The summed E-state index contributed by atoms with van der Waals surface area (Å²) in [6, 6.07) is 13.0. The lowest BCUT2D eigenvalue weighted by molar-refractivity contribution is 0.570. The Morgan fingerprint density at radius 2 is 1.71 bits per heavy atom. The first-order valence-corrected chi connectivity index (χ1v) is 5.73.